The topological polar surface area (TPSA) is 75.6 Å². The summed E-state index contributed by atoms with van der Waals surface area (Å²) in [5, 5.41) is 14.4. The van der Waals surface area contributed by atoms with Gasteiger partial charge in [0.05, 0.1) is 0 Å². The maximum Gasteiger partial charge on any atom is 0.342 e. The van der Waals surface area contributed by atoms with E-state index in [2.05, 4.69) is 5.32 Å². The Morgan fingerprint density at radius 3 is 2.48 bits per heavy atom. The zero-order valence-corrected chi connectivity index (χ0v) is 15.0. The molecule has 5 heteroatoms. The van der Waals surface area contributed by atoms with E-state index in [1.165, 1.54) is 6.07 Å². The standard InChI is InChI=1S/C22H21NO4/c1-15(16-7-3-2-4-8-16)13-23-20(24)14-27-22(26)19-12-11-17-9-5-6-10-18(17)21(19)25/h2-12,15,25H,13-14H2,1H3,(H,23,24)/t15-/m1/s1. The molecule has 1 atom stereocenters. The van der Waals surface area contributed by atoms with Gasteiger partial charge in [0.15, 0.2) is 6.61 Å². The Balaban J connectivity index is 1.54. The smallest absolute Gasteiger partial charge is 0.342 e. The number of aromatic hydroxyl groups is 1. The van der Waals surface area contributed by atoms with E-state index in [1.54, 1.807) is 18.2 Å². The van der Waals surface area contributed by atoms with E-state index in [0.717, 1.165) is 10.9 Å². The van der Waals surface area contributed by atoms with Crippen LogP contribution in [0.1, 0.15) is 28.8 Å². The predicted octanol–water partition coefficient (Wildman–Crippen LogP) is 3.62. The van der Waals surface area contributed by atoms with Gasteiger partial charge in [-0.15, -0.1) is 0 Å². The maximum atomic E-state index is 12.2. The van der Waals surface area contributed by atoms with E-state index in [4.69, 9.17) is 4.74 Å². The van der Waals surface area contributed by atoms with Crippen LogP contribution in [0.15, 0.2) is 66.7 Å². The summed E-state index contributed by atoms with van der Waals surface area (Å²) in [6.45, 7) is 2.06. The third kappa shape index (κ3) is 4.44. The number of hydrogen-bond donors (Lipinski definition) is 2. The number of esters is 1. The highest BCUT2D eigenvalue weighted by molar-refractivity contribution is 6.01. The molecule has 3 aromatic carbocycles. The number of amides is 1. The molecular formula is C22H21NO4. The Morgan fingerprint density at radius 2 is 1.70 bits per heavy atom. The van der Waals surface area contributed by atoms with Gasteiger partial charge < -0.3 is 15.2 Å². The van der Waals surface area contributed by atoms with Gasteiger partial charge in [0.2, 0.25) is 0 Å². The highest BCUT2D eigenvalue weighted by atomic mass is 16.5. The van der Waals surface area contributed by atoms with E-state index in [-0.39, 0.29) is 23.1 Å². The Labute approximate surface area is 157 Å². The summed E-state index contributed by atoms with van der Waals surface area (Å²) in [5.41, 5.74) is 1.16. The fourth-order valence-corrected chi connectivity index (χ4v) is 2.85. The van der Waals surface area contributed by atoms with Crippen LogP contribution in [0.2, 0.25) is 0 Å². The lowest BCUT2D eigenvalue weighted by Gasteiger charge is -2.13. The van der Waals surface area contributed by atoms with Crippen molar-refractivity contribution in [2.24, 2.45) is 0 Å². The lowest BCUT2D eigenvalue weighted by Crippen LogP contribution is -2.31. The molecule has 3 rings (SSSR count). The Hall–Kier alpha value is -3.34. The quantitative estimate of drug-likeness (QED) is 0.656. The zero-order chi connectivity index (χ0) is 19.2. The van der Waals surface area contributed by atoms with Crippen LogP contribution in [0.4, 0.5) is 0 Å². The van der Waals surface area contributed by atoms with Crippen LogP contribution in [-0.4, -0.2) is 30.1 Å². The molecule has 1 amide bonds. The molecule has 0 saturated heterocycles. The minimum Gasteiger partial charge on any atom is -0.506 e. The number of fused-ring (bicyclic) bond motifs is 1. The minimum absolute atomic E-state index is 0.0409. The van der Waals surface area contributed by atoms with Crippen LogP contribution in [0.3, 0.4) is 0 Å². The second-order valence-corrected chi connectivity index (χ2v) is 6.37. The highest BCUT2D eigenvalue weighted by Gasteiger charge is 2.16. The van der Waals surface area contributed by atoms with Crippen LogP contribution >= 0.6 is 0 Å². The summed E-state index contributed by atoms with van der Waals surface area (Å²) in [5.74, 6) is -1.11. The lowest BCUT2D eigenvalue weighted by molar-refractivity contribution is -0.124. The van der Waals surface area contributed by atoms with Crippen molar-refractivity contribution in [2.75, 3.05) is 13.2 Å². The lowest BCUT2D eigenvalue weighted by atomic mass is 10.0. The molecule has 3 aromatic rings. The van der Waals surface area contributed by atoms with E-state index in [9.17, 15) is 14.7 Å². The molecule has 0 aliphatic carbocycles. The summed E-state index contributed by atoms with van der Waals surface area (Å²) in [6.07, 6.45) is 0. The predicted molar refractivity (Wildman–Crippen MR) is 104 cm³/mol. The van der Waals surface area contributed by atoms with Crippen LogP contribution in [0.5, 0.6) is 5.75 Å². The second kappa shape index (κ2) is 8.36. The third-order valence-corrected chi connectivity index (χ3v) is 4.43. The van der Waals surface area contributed by atoms with E-state index in [1.807, 2.05) is 49.4 Å². The highest BCUT2D eigenvalue weighted by Crippen LogP contribution is 2.28. The first kappa shape index (κ1) is 18.5. The summed E-state index contributed by atoms with van der Waals surface area (Å²) in [7, 11) is 0. The Bertz CT molecular complexity index is 953. The number of carbonyl (C=O) groups is 2. The van der Waals surface area contributed by atoms with Gasteiger partial charge in [-0.2, -0.15) is 0 Å². The van der Waals surface area contributed by atoms with Crippen molar-refractivity contribution >= 4 is 22.6 Å². The van der Waals surface area contributed by atoms with Crippen molar-refractivity contribution in [1.82, 2.24) is 5.32 Å². The first-order chi connectivity index (χ1) is 13.1. The number of rotatable bonds is 6. The number of phenols is 1. The van der Waals surface area contributed by atoms with Gasteiger partial charge in [-0.3, -0.25) is 4.79 Å². The molecule has 0 spiro atoms. The number of phenolic OH excluding ortho intramolecular Hbond substituents is 1. The first-order valence-electron chi connectivity index (χ1n) is 8.75. The van der Waals surface area contributed by atoms with Gasteiger partial charge in [0.1, 0.15) is 11.3 Å². The molecule has 138 valence electrons. The Morgan fingerprint density at radius 1 is 1.00 bits per heavy atom. The fourth-order valence-electron chi connectivity index (χ4n) is 2.85. The van der Waals surface area contributed by atoms with Crippen LogP contribution in [0, 0.1) is 0 Å². The molecule has 5 nitrogen and oxygen atoms in total. The van der Waals surface area contributed by atoms with Gasteiger partial charge in [-0.1, -0.05) is 67.6 Å². The van der Waals surface area contributed by atoms with Crippen molar-refractivity contribution in [3.05, 3.63) is 77.9 Å². The summed E-state index contributed by atoms with van der Waals surface area (Å²) >= 11 is 0. The molecule has 27 heavy (non-hydrogen) atoms. The number of ether oxygens (including phenoxy) is 1. The molecule has 0 fully saturated rings. The van der Waals surface area contributed by atoms with E-state index >= 15 is 0 Å². The van der Waals surface area contributed by atoms with Crippen LogP contribution in [-0.2, 0) is 9.53 Å². The average molecular weight is 363 g/mol. The van der Waals surface area contributed by atoms with E-state index < -0.39 is 12.6 Å². The number of benzene rings is 3. The molecule has 0 bridgehead atoms. The normalized spacial score (nSPS) is 11.7. The van der Waals surface area contributed by atoms with Gasteiger partial charge >= 0.3 is 5.97 Å². The molecule has 0 aromatic heterocycles. The van der Waals surface area contributed by atoms with Gasteiger partial charge in [0, 0.05) is 11.9 Å². The van der Waals surface area contributed by atoms with Crippen molar-refractivity contribution < 1.29 is 19.4 Å². The second-order valence-electron chi connectivity index (χ2n) is 6.37. The maximum absolute atomic E-state index is 12.2. The summed E-state index contributed by atoms with van der Waals surface area (Å²) in [4.78, 5) is 24.2. The minimum atomic E-state index is -0.732. The average Bonchev–Trinajstić information content (AvgIpc) is 2.71. The number of carbonyl (C=O) groups excluding carboxylic acids is 2. The molecule has 0 saturated carbocycles. The monoisotopic (exact) mass is 363 g/mol. The summed E-state index contributed by atoms with van der Waals surface area (Å²) in [6, 6.07) is 20.2. The third-order valence-electron chi connectivity index (χ3n) is 4.43. The van der Waals surface area contributed by atoms with Crippen LogP contribution < -0.4 is 5.32 Å². The molecule has 0 aliphatic rings. The van der Waals surface area contributed by atoms with Crippen molar-refractivity contribution in [2.45, 2.75) is 12.8 Å². The molecule has 0 heterocycles. The van der Waals surface area contributed by atoms with Crippen molar-refractivity contribution in [3.63, 3.8) is 0 Å². The van der Waals surface area contributed by atoms with Crippen LogP contribution in [0.25, 0.3) is 10.8 Å². The van der Waals surface area contributed by atoms with Crippen molar-refractivity contribution in [1.29, 1.82) is 0 Å². The van der Waals surface area contributed by atoms with Gasteiger partial charge in [-0.05, 0) is 22.9 Å². The largest absolute Gasteiger partial charge is 0.506 e. The SMILES string of the molecule is C[C@H](CNC(=O)COC(=O)c1ccc2ccccc2c1O)c1ccccc1. The van der Waals surface area contributed by atoms with Gasteiger partial charge in [0.25, 0.3) is 5.91 Å². The van der Waals surface area contributed by atoms with Crippen molar-refractivity contribution in [3.8, 4) is 5.75 Å². The molecule has 2 N–H and O–H groups in total. The summed E-state index contributed by atoms with van der Waals surface area (Å²) < 4.78 is 5.05. The van der Waals surface area contributed by atoms with E-state index in [0.29, 0.717) is 11.9 Å². The molecular weight excluding hydrogens is 342 g/mol. The molecule has 0 unspecified atom stereocenters. The number of hydrogen-bond acceptors (Lipinski definition) is 4. The number of nitrogens with one attached hydrogen (secondary N) is 1. The van der Waals surface area contributed by atoms with Gasteiger partial charge in [-0.25, -0.2) is 4.79 Å². The Kier molecular flexibility index (Phi) is 5.71. The zero-order valence-electron chi connectivity index (χ0n) is 15.0. The first-order valence-corrected chi connectivity index (χ1v) is 8.75. The fraction of sp³-hybridized carbons (Fsp3) is 0.182. The molecule has 0 aliphatic heterocycles. The molecule has 0 radical (unpaired) electrons.